The van der Waals surface area contributed by atoms with E-state index in [4.69, 9.17) is 4.43 Å². The molecular weight excluding hydrogens is 228 g/mol. The van der Waals surface area contributed by atoms with Crippen LogP contribution >= 0.6 is 0 Å². The second-order valence-electron chi connectivity index (χ2n) is 5.26. The van der Waals surface area contributed by atoms with E-state index in [1.807, 2.05) is 0 Å². The minimum absolute atomic E-state index is 0.336. The maximum absolute atomic E-state index is 11.4. The second-order valence-corrected chi connectivity index (χ2v) is 10.1. The third-order valence-electron chi connectivity index (χ3n) is 4.44. The topological polar surface area (TPSA) is 26.3 Å². The van der Waals surface area contributed by atoms with E-state index in [1.54, 1.807) is 0 Å². The fourth-order valence-electron chi connectivity index (χ4n) is 2.91. The van der Waals surface area contributed by atoms with E-state index in [1.165, 1.54) is 0 Å². The number of hydrogen-bond donors (Lipinski definition) is 0. The van der Waals surface area contributed by atoms with Gasteiger partial charge in [-0.1, -0.05) is 60.8 Å². The monoisotopic (exact) mass is 257 g/mol. The molecule has 1 radical (unpaired) electrons. The van der Waals surface area contributed by atoms with Crippen molar-refractivity contribution in [3.63, 3.8) is 0 Å². The highest BCUT2D eigenvalue weighted by molar-refractivity contribution is 6.79. The molecule has 3 unspecified atom stereocenters. The molecule has 3 atom stereocenters. The van der Waals surface area contributed by atoms with Gasteiger partial charge in [-0.2, -0.15) is 0 Å². The first-order chi connectivity index (χ1) is 7.86. The number of hydrogen-bond acceptors (Lipinski definition) is 2. The van der Waals surface area contributed by atoms with E-state index in [0.717, 1.165) is 19.3 Å². The third kappa shape index (κ3) is 3.57. The van der Waals surface area contributed by atoms with Crippen LogP contribution < -0.4 is 0 Å². The van der Waals surface area contributed by atoms with Crippen molar-refractivity contribution in [2.45, 2.75) is 77.4 Å². The van der Waals surface area contributed by atoms with Crippen LogP contribution in [0.1, 0.15) is 60.8 Å². The van der Waals surface area contributed by atoms with Crippen LogP contribution in [0, 0.1) is 6.92 Å². The number of rotatable bonds is 7. The zero-order valence-electron chi connectivity index (χ0n) is 12.4. The molecule has 0 aliphatic carbocycles. The van der Waals surface area contributed by atoms with Gasteiger partial charge in [0.25, 0.3) is 14.3 Å². The van der Waals surface area contributed by atoms with Gasteiger partial charge in [-0.25, -0.2) is 0 Å². The molecule has 17 heavy (non-hydrogen) atoms. The summed E-state index contributed by atoms with van der Waals surface area (Å²) < 4.78 is 5.88. The molecule has 2 nitrogen and oxygen atoms in total. The molecule has 0 heterocycles. The molecule has 0 amide bonds. The van der Waals surface area contributed by atoms with Gasteiger partial charge in [0.1, 0.15) is 0 Å². The van der Waals surface area contributed by atoms with Crippen LogP contribution in [0.3, 0.4) is 0 Å². The fraction of sp³-hybridized carbons (Fsp3) is 0.857. The summed E-state index contributed by atoms with van der Waals surface area (Å²) in [6.07, 6.45) is 3.23. The minimum Gasteiger partial charge on any atom is -0.518 e. The lowest BCUT2D eigenvalue weighted by molar-refractivity contribution is -0.130. The maximum atomic E-state index is 11.4. The Morgan fingerprint density at radius 1 is 1.00 bits per heavy atom. The third-order valence-corrected chi connectivity index (χ3v) is 10.9. The van der Waals surface area contributed by atoms with Crippen LogP contribution in [-0.4, -0.2) is 14.3 Å². The van der Waals surface area contributed by atoms with Crippen LogP contribution in [0.4, 0.5) is 0 Å². The molecule has 0 bridgehead atoms. The lowest BCUT2D eigenvalue weighted by atomic mass is 10.3. The molecule has 0 N–H and O–H groups in total. The van der Waals surface area contributed by atoms with Crippen LogP contribution in [-0.2, 0) is 9.22 Å². The summed E-state index contributed by atoms with van der Waals surface area (Å²) in [6.45, 7) is 16.7. The quantitative estimate of drug-likeness (QED) is 0.617. The summed E-state index contributed by atoms with van der Waals surface area (Å²) in [5, 5.41) is 0. The molecule has 0 saturated heterocycles. The highest BCUT2D eigenvalue weighted by atomic mass is 28.4. The summed E-state index contributed by atoms with van der Waals surface area (Å²) in [5.41, 5.74) is 1.49. The standard InChI is InChI=1S/C14H29O2Si/c1-8-11(4)17(12(5)9-2,13(6)10-3)16-14(7)15/h11-13H,7-10H2,1-6H3. The molecule has 0 saturated carbocycles. The average Bonchev–Trinajstić information content (AvgIpc) is 2.32. The average molecular weight is 257 g/mol. The Morgan fingerprint density at radius 2 is 1.29 bits per heavy atom. The van der Waals surface area contributed by atoms with Gasteiger partial charge in [-0.05, 0) is 16.6 Å². The van der Waals surface area contributed by atoms with Crippen molar-refractivity contribution in [2.75, 3.05) is 0 Å². The van der Waals surface area contributed by atoms with Crippen molar-refractivity contribution < 1.29 is 9.22 Å². The molecule has 0 aromatic heterocycles. The summed E-state index contributed by atoms with van der Waals surface area (Å²) in [4.78, 5) is 11.4. The van der Waals surface area contributed by atoms with E-state index in [2.05, 4.69) is 48.5 Å². The van der Waals surface area contributed by atoms with Crippen LogP contribution in [0.15, 0.2) is 0 Å². The summed E-state index contributed by atoms with van der Waals surface area (Å²) >= 11 is 0. The predicted octanol–water partition coefficient (Wildman–Crippen LogP) is 4.71. The minimum atomic E-state index is -2.08. The van der Waals surface area contributed by atoms with Crippen molar-refractivity contribution in [1.29, 1.82) is 0 Å². The molecule has 0 fully saturated rings. The molecule has 3 heteroatoms. The van der Waals surface area contributed by atoms with Gasteiger partial charge >= 0.3 is 0 Å². The lowest BCUT2D eigenvalue weighted by Gasteiger charge is -2.44. The molecule has 0 spiro atoms. The number of carbonyl (C=O) groups excluding carboxylic acids is 1. The van der Waals surface area contributed by atoms with Crippen molar-refractivity contribution >= 4 is 14.3 Å². The Kier molecular flexibility index (Phi) is 7.06. The Bertz CT molecular complexity index is 214. The lowest BCUT2D eigenvalue weighted by Crippen LogP contribution is -2.50. The maximum Gasteiger partial charge on any atom is 0.293 e. The van der Waals surface area contributed by atoms with Gasteiger partial charge in [0.2, 0.25) is 0 Å². The second kappa shape index (κ2) is 7.19. The molecule has 0 aromatic carbocycles. The summed E-state index contributed by atoms with van der Waals surface area (Å²) in [7, 11) is -2.08. The molecule has 0 aliphatic heterocycles. The van der Waals surface area contributed by atoms with Crippen molar-refractivity contribution in [1.82, 2.24) is 0 Å². The normalized spacial score (nSPS) is 20.2. The number of carbonyl (C=O) groups is 1. The summed E-state index contributed by atoms with van der Waals surface area (Å²) in [6, 6.07) is 0. The Balaban J connectivity index is 5.42. The van der Waals surface area contributed by atoms with Crippen LogP contribution in [0.25, 0.3) is 0 Å². The largest absolute Gasteiger partial charge is 0.518 e. The first-order valence-corrected chi connectivity index (χ1v) is 9.05. The first kappa shape index (κ1) is 16.7. The van der Waals surface area contributed by atoms with E-state index in [-0.39, 0.29) is 5.97 Å². The van der Waals surface area contributed by atoms with E-state index >= 15 is 0 Å². The highest BCUT2D eigenvalue weighted by Crippen LogP contribution is 2.46. The van der Waals surface area contributed by atoms with E-state index < -0.39 is 8.32 Å². The van der Waals surface area contributed by atoms with Gasteiger partial charge in [0.05, 0.1) is 6.92 Å². The van der Waals surface area contributed by atoms with Gasteiger partial charge in [-0.3, -0.25) is 4.79 Å². The predicted molar refractivity (Wildman–Crippen MR) is 76.3 cm³/mol. The summed E-state index contributed by atoms with van der Waals surface area (Å²) in [5.74, 6) is -0.336. The molecule has 0 aliphatic rings. The van der Waals surface area contributed by atoms with Crippen molar-refractivity contribution in [3.05, 3.63) is 6.92 Å². The fourth-order valence-corrected chi connectivity index (χ4v) is 8.74. The molecular formula is C14H29O2Si. The van der Waals surface area contributed by atoms with Gasteiger partial charge < -0.3 is 4.43 Å². The molecule has 101 valence electrons. The molecule has 0 aromatic rings. The Hall–Kier alpha value is -0.313. The van der Waals surface area contributed by atoms with E-state index in [0.29, 0.717) is 16.6 Å². The zero-order valence-corrected chi connectivity index (χ0v) is 13.4. The van der Waals surface area contributed by atoms with Gasteiger partial charge in [0, 0.05) is 0 Å². The SMILES string of the molecule is [CH2]C(=O)O[Si](C(C)CC)(C(C)CC)C(C)CC. The highest BCUT2D eigenvalue weighted by Gasteiger charge is 2.50. The Morgan fingerprint density at radius 3 is 1.47 bits per heavy atom. The molecule has 0 rings (SSSR count). The van der Waals surface area contributed by atoms with Gasteiger partial charge in [-0.15, -0.1) is 0 Å². The van der Waals surface area contributed by atoms with Crippen molar-refractivity contribution in [3.8, 4) is 0 Å². The van der Waals surface area contributed by atoms with Crippen LogP contribution in [0.2, 0.25) is 16.6 Å². The first-order valence-electron chi connectivity index (χ1n) is 6.91. The smallest absolute Gasteiger partial charge is 0.293 e. The zero-order chi connectivity index (χ0) is 13.6. The van der Waals surface area contributed by atoms with Gasteiger partial charge in [0.15, 0.2) is 0 Å². The van der Waals surface area contributed by atoms with Crippen molar-refractivity contribution in [2.24, 2.45) is 0 Å². The van der Waals surface area contributed by atoms with Crippen LogP contribution in [0.5, 0.6) is 0 Å². The Labute approximate surface area is 108 Å². The van der Waals surface area contributed by atoms with E-state index in [9.17, 15) is 4.79 Å².